The van der Waals surface area contributed by atoms with Gasteiger partial charge in [-0.05, 0) is 36.4 Å². The van der Waals surface area contributed by atoms with Crippen LogP contribution >= 0.6 is 0 Å². The number of aromatic nitrogens is 3. The lowest BCUT2D eigenvalue weighted by Crippen LogP contribution is -2.08. The van der Waals surface area contributed by atoms with E-state index in [1.807, 2.05) is 66.7 Å². The molecule has 0 atom stereocenters. The van der Waals surface area contributed by atoms with Crippen molar-refractivity contribution in [2.75, 3.05) is 22.7 Å². The molecule has 1 aromatic heterocycles. The summed E-state index contributed by atoms with van der Waals surface area (Å²) in [4.78, 5) is 24.6. The van der Waals surface area contributed by atoms with Crippen molar-refractivity contribution in [1.82, 2.24) is 15.0 Å². The van der Waals surface area contributed by atoms with E-state index < -0.39 is 5.97 Å². The summed E-state index contributed by atoms with van der Waals surface area (Å²) in [6.45, 7) is 3.12. The number of nitrogens with zero attached hydrogens (tertiary/aromatic N) is 3. The Morgan fingerprint density at radius 1 is 0.735 bits per heavy atom. The van der Waals surface area contributed by atoms with Crippen LogP contribution in [0.5, 0.6) is 5.75 Å². The fraction of sp³-hybridized carbons (Fsp3) is 0.0400. The molecule has 0 aliphatic carbocycles. The van der Waals surface area contributed by atoms with E-state index in [-0.39, 0.29) is 6.79 Å². The number of benzene rings is 3. The highest BCUT2D eigenvalue weighted by Gasteiger charge is 2.09. The molecule has 1 heterocycles. The first-order chi connectivity index (χ1) is 16.7. The summed E-state index contributed by atoms with van der Waals surface area (Å²) in [5.74, 6) is 0.997. The molecule has 0 saturated carbocycles. The molecule has 0 fully saturated rings. The Kier molecular flexibility index (Phi) is 7.27. The van der Waals surface area contributed by atoms with E-state index in [2.05, 4.69) is 37.5 Å². The molecule has 0 unspecified atom stereocenters. The van der Waals surface area contributed by atoms with Crippen LogP contribution < -0.4 is 20.7 Å². The third kappa shape index (κ3) is 6.54. The highest BCUT2D eigenvalue weighted by Crippen LogP contribution is 2.23. The van der Waals surface area contributed by atoms with Crippen LogP contribution in [0.4, 0.5) is 34.9 Å². The average Bonchev–Trinajstić information content (AvgIpc) is 2.85. The molecule has 9 heteroatoms. The minimum atomic E-state index is -0.559. The van der Waals surface area contributed by atoms with Gasteiger partial charge >= 0.3 is 5.97 Å². The number of rotatable bonds is 10. The van der Waals surface area contributed by atoms with Gasteiger partial charge in [-0.3, -0.25) is 0 Å². The second-order valence-corrected chi connectivity index (χ2v) is 6.87. The van der Waals surface area contributed by atoms with Crippen LogP contribution in [0.2, 0.25) is 0 Å². The van der Waals surface area contributed by atoms with E-state index in [9.17, 15) is 4.79 Å². The third-order valence-electron chi connectivity index (χ3n) is 4.38. The number of hydrogen-bond donors (Lipinski definition) is 3. The standard InChI is InChI=1S/C25H22N6O3/c1-2-22(32)34-17-33-21-15-9-14-20(16-21)28-25-30-23(26-18-10-5-3-6-11-18)29-24(31-25)27-19-12-7-4-8-13-19/h2-16H,1,17H2,(H3,26,27,28,29,30,31). The molecule has 170 valence electrons. The fourth-order valence-electron chi connectivity index (χ4n) is 2.85. The van der Waals surface area contributed by atoms with Gasteiger partial charge in [0, 0.05) is 29.2 Å². The lowest BCUT2D eigenvalue weighted by atomic mass is 10.3. The second kappa shape index (κ2) is 11.1. The zero-order chi connectivity index (χ0) is 23.6. The second-order valence-electron chi connectivity index (χ2n) is 6.87. The van der Waals surface area contributed by atoms with E-state index in [0.29, 0.717) is 29.3 Å². The Hall–Kier alpha value is -4.92. The maximum Gasteiger partial charge on any atom is 0.333 e. The van der Waals surface area contributed by atoms with Crippen molar-refractivity contribution in [1.29, 1.82) is 0 Å². The van der Waals surface area contributed by atoms with E-state index in [1.165, 1.54) is 0 Å². The van der Waals surface area contributed by atoms with Gasteiger partial charge in [0.25, 0.3) is 0 Å². The van der Waals surface area contributed by atoms with Crippen molar-refractivity contribution in [3.8, 4) is 5.75 Å². The number of hydrogen-bond acceptors (Lipinski definition) is 9. The molecule has 9 nitrogen and oxygen atoms in total. The molecular formula is C25H22N6O3. The van der Waals surface area contributed by atoms with E-state index in [1.54, 1.807) is 18.2 Å². The van der Waals surface area contributed by atoms with E-state index in [4.69, 9.17) is 9.47 Å². The van der Waals surface area contributed by atoms with E-state index in [0.717, 1.165) is 17.5 Å². The Morgan fingerprint density at radius 3 is 1.76 bits per heavy atom. The maximum absolute atomic E-state index is 11.2. The number of carbonyl (C=O) groups excluding carboxylic acids is 1. The molecule has 0 aliphatic rings. The highest BCUT2D eigenvalue weighted by molar-refractivity contribution is 5.81. The van der Waals surface area contributed by atoms with Crippen LogP contribution in [0, 0.1) is 0 Å². The summed E-state index contributed by atoms with van der Waals surface area (Å²) in [6.07, 6.45) is 1.07. The maximum atomic E-state index is 11.2. The number of carbonyl (C=O) groups is 1. The van der Waals surface area contributed by atoms with Crippen molar-refractivity contribution < 1.29 is 14.3 Å². The minimum Gasteiger partial charge on any atom is -0.457 e. The molecule has 0 spiro atoms. The number of ether oxygens (including phenoxy) is 2. The van der Waals surface area contributed by atoms with Crippen LogP contribution in [-0.4, -0.2) is 27.7 Å². The highest BCUT2D eigenvalue weighted by atomic mass is 16.7. The molecule has 0 saturated heterocycles. The molecule has 0 amide bonds. The molecule has 4 aromatic rings. The lowest BCUT2D eigenvalue weighted by Gasteiger charge is -2.12. The molecule has 0 aliphatic heterocycles. The van der Waals surface area contributed by atoms with Gasteiger partial charge in [-0.15, -0.1) is 0 Å². The predicted molar refractivity (Wildman–Crippen MR) is 131 cm³/mol. The quantitative estimate of drug-likeness (QED) is 0.170. The van der Waals surface area contributed by atoms with Gasteiger partial charge < -0.3 is 25.4 Å². The summed E-state index contributed by atoms with van der Waals surface area (Å²) >= 11 is 0. The van der Waals surface area contributed by atoms with Crippen LogP contribution in [0.3, 0.4) is 0 Å². The SMILES string of the molecule is C=CC(=O)OCOc1cccc(Nc2nc(Nc3ccccc3)nc(Nc3ccccc3)n2)c1. The van der Waals surface area contributed by atoms with Crippen LogP contribution in [0.15, 0.2) is 97.6 Å². The normalized spacial score (nSPS) is 10.1. The monoisotopic (exact) mass is 454 g/mol. The first-order valence-electron chi connectivity index (χ1n) is 10.4. The van der Waals surface area contributed by atoms with Crippen LogP contribution in [0.1, 0.15) is 0 Å². The first kappa shape index (κ1) is 22.3. The Labute approximate surface area is 196 Å². The number of nitrogens with one attached hydrogen (secondary N) is 3. The van der Waals surface area contributed by atoms with Crippen molar-refractivity contribution >= 4 is 40.9 Å². The van der Waals surface area contributed by atoms with Gasteiger partial charge in [0.1, 0.15) is 5.75 Å². The predicted octanol–water partition coefficient (Wildman–Crippen LogP) is 5.17. The van der Waals surface area contributed by atoms with E-state index >= 15 is 0 Å². The van der Waals surface area contributed by atoms with Crippen molar-refractivity contribution in [3.63, 3.8) is 0 Å². The van der Waals surface area contributed by atoms with Gasteiger partial charge in [-0.25, -0.2) is 4.79 Å². The topological polar surface area (TPSA) is 110 Å². The number of esters is 1. The van der Waals surface area contributed by atoms with Crippen LogP contribution in [0.25, 0.3) is 0 Å². The van der Waals surface area contributed by atoms with Crippen molar-refractivity contribution in [3.05, 3.63) is 97.6 Å². The van der Waals surface area contributed by atoms with Gasteiger partial charge in [-0.2, -0.15) is 15.0 Å². The third-order valence-corrected chi connectivity index (χ3v) is 4.38. The van der Waals surface area contributed by atoms with Gasteiger partial charge in [0.05, 0.1) is 0 Å². The summed E-state index contributed by atoms with van der Waals surface area (Å²) in [6, 6.07) is 26.3. The zero-order valence-electron chi connectivity index (χ0n) is 18.1. The summed E-state index contributed by atoms with van der Waals surface area (Å²) in [5.41, 5.74) is 2.36. The first-order valence-corrected chi connectivity index (χ1v) is 10.4. The summed E-state index contributed by atoms with van der Waals surface area (Å²) < 4.78 is 10.3. The lowest BCUT2D eigenvalue weighted by molar-refractivity contribution is -0.144. The average molecular weight is 454 g/mol. The van der Waals surface area contributed by atoms with Crippen molar-refractivity contribution in [2.24, 2.45) is 0 Å². The largest absolute Gasteiger partial charge is 0.457 e. The molecular weight excluding hydrogens is 432 g/mol. The van der Waals surface area contributed by atoms with Crippen molar-refractivity contribution in [2.45, 2.75) is 0 Å². The Bertz CT molecular complexity index is 1190. The van der Waals surface area contributed by atoms with Crippen LogP contribution in [-0.2, 0) is 9.53 Å². The Morgan fingerprint density at radius 2 is 1.24 bits per heavy atom. The zero-order valence-corrected chi connectivity index (χ0v) is 18.1. The fourth-order valence-corrected chi connectivity index (χ4v) is 2.85. The van der Waals surface area contributed by atoms with Gasteiger partial charge in [0.2, 0.25) is 24.6 Å². The van der Waals surface area contributed by atoms with Gasteiger partial charge in [-0.1, -0.05) is 49.0 Å². The molecule has 0 bridgehead atoms. The molecule has 3 N–H and O–H groups in total. The summed E-state index contributed by atoms with van der Waals surface area (Å²) in [5, 5.41) is 9.54. The minimum absolute atomic E-state index is 0.226. The number of para-hydroxylation sites is 2. The van der Waals surface area contributed by atoms with Gasteiger partial charge in [0.15, 0.2) is 0 Å². The molecule has 3 aromatic carbocycles. The molecule has 0 radical (unpaired) electrons. The molecule has 34 heavy (non-hydrogen) atoms. The Balaban J connectivity index is 1.54. The molecule has 4 rings (SSSR count). The smallest absolute Gasteiger partial charge is 0.333 e. The summed E-state index contributed by atoms with van der Waals surface area (Å²) in [7, 11) is 0. The number of anilines is 6.